The molecule has 0 saturated carbocycles. The predicted molar refractivity (Wildman–Crippen MR) is 81.7 cm³/mol. The molecule has 0 fully saturated rings. The first-order valence-electron chi connectivity index (χ1n) is 6.47. The number of amides is 1. The van der Waals surface area contributed by atoms with Gasteiger partial charge >= 0.3 is 0 Å². The first-order chi connectivity index (χ1) is 9.69. The van der Waals surface area contributed by atoms with E-state index in [4.69, 9.17) is 5.73 Å². The van der Waals surface area contributed by atoms with Gasteiger partial charge in [0.1, 0.15) is 0 Å². The molecule has 1 amide bonds. The molecule has 0 bridgehead atoms. The average Bonchev–Trinajstić information content (AvgIpc) is 2.48. The number of hydrazone groups is 1. The monoisotopic (exact) mass is 267 g/mol. The molecule has 0 radical (unpaired) electrons. The van der Waals surface area contributed by atoms with Crippen LogP contribution >= 0.6 is 0 Å². The molecule has 0 aliphatic carbocycles. The van der Waals surface area contributed by atoms with Crippen LogP contribution in [-0.2, 0) is 6.42 Å². The third-order valence-corrected chi connectivity index (χ3v) is 2.94. The largest absolute Gasteiger partial charge is 0.399 e. The first kappa shape index (κ1) is 13.8. The minimum Gasteiger partial charge on any atom is -0.399 e. The molecule has 2 aromatic rings. The van der Waals surface area contributed by atoms with Crippen LogP contribution in [0.4, 0.5) is 5.69 Å². The summed E-state index contributed by atoms with van der Waals surface area (Å²) < 4.78 is 0. The number of nitrogens with one attached hydrogen (secondary N) is 1. The van der Waals surface area contributed by atoms with Crippen molar-refractivity contribution < 1.29 is 4.79 Å². The molecule has 2 aromatic carbocycles. The molecule has 0 heterocycles. The molecule has 0 saturated heterocycles. The Hall–Kier alpha value is -2.62. The maximum absolute atomic E-state index is 11.8. The number of carbonyl (C=O) groups is 1. The maximum Gasteiger partial charge on any atom is 0.271 e. The summed E-state index contributed by atoms with van der Waals surface area (Å²) in [6, 6.07) is 14.7. The van der Waals surface area contributed by atoms with Crippen molar-refractivity contribution in [3.05, 3.63) is 65.2 Å². The van der Waals surface area contributed by atoms with Gasteiger partial charge in [0.15, 0.2) is 0 Å². The van der Waals surface area contributed by atoms with E-state index in [0.29, 0.717) is 11.3 Å². The lowest BCUT2D eigenvalue weighted by atomic mass is 10.1. The van der Waals surface area contributed by atoms with Gasteiger partial charge in [-0.2, -0.15) is 5.10 Å². The maximum atomic E-state index is 11.8. The van der Waals surface area contributed by atoms with Gasteiger partial charge in [-0.25, -0.2) is 5.43 Å². The third-order valence-electron chi connectivity index (χ3n) is 2.94. The fourth-order valence-electron chi connectivity index (χ4n) is 1.70. The molecule has 0 unspecified atom stereocenters. The number of nitrogen functional groups attached to an aromatic ring is 1. The number of anilines is 1. The van der Waals surface area contributed by atoms with E-state index in [1.807, 2.05) is 24.3 Å². The van der Waals surface area contributed by atoms with Crippen molar-refractivity contribution in [1.29, 1.82) is 0 Å². The zero-order valence-electron chi connectivity index (χ0n) is 11.3. The molecule has 2 rings (SSSR count). The number of rotatable bonds is 4. The highest BCUT2D eigenvalue weighted by atomic mass is 16.2. The van der Waals surface area contributed by atoms with Gasteiger partial charge in [-0.1, -0.05) is 31.2 Å². The van der Waals surface area contributed by atoms with Crippen molar-refractivity contribution in [2.75, 3.05) is 5.73 Å². The highest BCUT2D eigenvalue weighted by Gasteiger charge is 2.02. The normalized spacial score (nSPS) is 10.7. The fourth-order valence-corrected chi connectivity index (χ4v) is 1.70. The molecule has 4 heteroatoms. The summed E-state index contributed by atoms with van der Waals surface area (Å²) in [4.78, 5) is 11.8. The van der Waals surface area contributed by atoms with Gasteiger partial charge in [0, 0.05) is 11.3 Å². The van der Waals surface area contributed by atoms with Crippen LogP contribution in [0.2, 0.25) is 0 Å². The summed E-state index contributed by atoms with van der Waals surface area (Å²) in [7, 11) is 0. The van der Waals surface area contributed by atoms with E-state index in [1.54, 1.807) is 30.5 Å². The fraction of sp³-hybridized carbons (Fsp3) is 0.125. The zero-order valence-corrected chi connectivity index (χ0v) is 11.3. The zero-order chi connectivity index (χ0) is 14.4. The molecule has 0 aliphatic rings. The number of nitrogens with zero attached hydrogens (tertiary/aromatic N) is 1. The Morgan fingerprint density at radius 2 is 1.80 bits per heavy atom. The lowest BCUT2D eigenvalue weighted by Crippen LogP contribution is -2.17. The second-order valence-electron chi connectivity index (χ2n) is 4.42. The minimum absolute atomic E-state index is 0.258. The van der Waals surface area contributed by atoms with E-state index in [0.717, 1.165) is 12.0 Å². The molecule has 20 heavy (non-hydrogen) atoms. The van der Waals surface area contributed by atoms with Crippen molar-refractivity contribution in [1.82, 2.24) is 5.43 Å². The quantitative estimate of drug-likeness (QED) is 0.508. The molecule has 0 aromatic heterocycles. The molecule has 0 aliphatic heterocycles. The van der Waals surface area contributed by atoms with Crippen LogP contribution in [0, 0.1) is 0 Å². The summed E-state index contributed by atoms with van der Waals surface area (Å²) in [5.74, 6) is -0.258. The van der Waals surface area contributed by atoms with Crippen molar-refractivity contribution in [3.8, 4) is 0 Å². The number of carbonyl (C=O) groups excluding carboxylic acids is 1. The van der Waals surface area contributed by atoms with Gasteiger partial charge in [-0.15, -0.1) is 0 Å². The Balaban J connectivity index is 1.95. The second kappa shape index (κ2) is 6.52. The van der Waals surface area contributed by atoms with Crippen LogP contribution in [0.1, 0.15) is 28.4 Å². The van der Waals surface area contributed by atoms with Gasteiger partial charge < -0.3 is 5.73 Å². The summed E-state index contributed by atoms with van der Waals surface area (Å²) in [5.41, 5.74) is 11.4. The van der Waals surface area contributed by atoms with E-state index >= 15 is 0 Å². The Kier molecular flexibility index (Phi) is 4.50. The lowest BCUT2D eigenvalue weighted by Gasteiger charge is -2.00. The number of hydrogen-bond acceptors (Lipinski definition) is 3. The van der Waals surface area contributed by atoms with Gasteiger partial charge in [-0.3, -0.25) is 4.79 Å². The van der Waals surface area contributed by atoms with E-state index in [1.165, 1.54) is 5.56 Å². The molecule has 0 atom stereocenters. The smallest absolute Gasteiger partial charge is 0.271 e. The summed E-state index contributed by atoms with van der Waals surface area (Å²) in [5, 5.41) is 3.94. The third kappa shape index (κ3) is 3.68. The Morgan fingerprint density at radius 1 is 1.15 bits per heavy atom. The summed E-state index contributed by atoms with van der Waals surface area (Å²) >= 11 is 0. The first-order valence-corrected chi connectivity index (χ1v) is 6.47. The number of nitrogens with two attached hydrogens (primary N) is 1. The topological polar surface area (TPSA) is 67.5 Å². The van der Waals surface area contributed by atoms with Crippen LogP contribution in [0.15, 0.2) is 53.6 Å². The molecule has 0 spiro atoms. The molecule has 3 N–H and O–H groups in total. The van der Waals surface area contributed by atoms with Crippen molar-refractivity contribution >= 4 is 17.8 Å². The average molecular weight is 267 g/mol. The number of benzene rings is 2. The molecule has 102 valence electrons. The van der Waals surface area contributed by atoms with E-state index in [9.17, 15) is 4.79 Å². The Morgan fingerprint density at radius 3 is 2.40 bits per heavy atom. The predicted octanol–water partition coefficient (Wildman–Crippen LogP) is 2.60. The van der Waals surface area contributed by atoms with Gasteiger partial charge in [0.05, 0.1) is 6.21 Å². The Bertz CT molecular complexity index is 601. The van der Waals surface area contributed by atoms with Crippen molar-refractivity contribution in [3.63, 3.8) is 0 Å². The van der Waals surface area contributed by atoms with E-state index in [-0.39, 0.29) is 5.91 Å². The van der Waals surface area contributed by atoms with Crippen LogP contribution in [0.25, 0.3) is 0 Å². The number of hydrogen-bond donors (Lipinski definition) is 2. The van der Waals surface area contributed by atoms with Crippen molar-refractivity contribution in [2.24, 2.45) is 5.10 Å². The molecule has 4 nitrogen and oxygen atoms in total. The van der Waals surface area contributed by atoms with Crippen LogP contribution in [0.3, 0.4) is 0 Å². The van der Waals surface area contributed by atoms with Gasteiger partial charge in [0.2, 0.25) is 0 Å². The second-order valence-corrected chi connectivity index (χ2v) is 4.42. The highest BCUT2D eigenvalue weighted by Crippen LogP contribution is 2.05. The SMILES string of the molecule is CCc1ccc(C=NNC(=O)c2ccc(N)cc2)cc1. The van der Waals surface area contributed by atoms with Crippen LogP contribution in [-0.4, -0.2) is 12.1 Å². The lowest BCUT2D eigenvalue weighted by molar-refractivity contribution is 0.0955. The standard InChI is InChI=1S/C16H17N3O/c1-2-12-3-5-13(6-4-12)11-18-19-16(20)14-7-9-15(17)10-8-14/h3-11H,2,17H2,1H3,(H,19,20). The van der Waals surface area contributed by atoms with Gasteiger partial charge in [0.25, 0.3) is 5.91 Å². The Labute approximate surface area is 118 Å². The summed E-state index contributed by atoms with van der Waals surface area (Å²) in [6.45, 7) is 2.11. The molecular formula is C16H17N3O. The van der Waals surface area contributed by atoms with E-state index in [2.05, 4.69) is 17.5 Å². The van der Waals surface area contributed by atoms with E-state index < -0.39 is 0 Å². The molecular weight excluding hydrogens is 250 g/mol. The summed E-state index contributed by atoms with van der Waals surface area (Å²) in [6.07, 6.45) is 2.62. The van der Waals surface area contributed by atoms with Crippen molar-refractivity contribution in [2.45, 2.75) is 13.3 Å². The number of aryl methyl sites for hydroxylation is 1. The van der Waals surface area contributed by atoms with Gasteiger partial charge in [-0.05, 0) is 41.8 Å². The van der Waals surface area contributed by atoms with Crippen LogP contribution in [0.5, 0.6) is 0 Å². The minimum atomic E-state index is -0.258. The highest BCUT2D eigenvalue weighted by molar-refractivity contribution is 5.95. The van der Waals surface area contributed by atoms with Crippen LogP contribution < -0.4 is 11.2 Å².